The second-order valence-corrected chi connectivity index (χ2v) is 5.25. The van der Waals surface area contributed by atoms with Crippen LogP contribution in [0.15, 0.2) is 18.2 Å². The lowest BCUT2D eigenvalue weighted by Crippen LogP contribution is -2.30. The fourth-order valence-corrected chi connectivity index (χ4v) is 2.14. The zero-order chi connectivity index (χ0) is 15.8. The van der Waals surface area contributed by atoms with E-state index in [9.17, 15) is 9.59 Å². The molecule has 1 atom stereocenters. The lowest BCUT2D eigenvalue weighted by molar-refractivity contribution is -0.138. The van der Waals surface area contributed by atoms with Gasteiger partial charge < -0.3 is 15.2 Å². The molecule has 1 amide bonds. The number of ether oxygens (including phenoxy) is 1. The van der Waals surface area contributed by atoms with Crippen LogP contribution in [0.4, 0.5) is 0 Å². The summed E-state index contributed by atoms with van der Waals surface area (Å²) in [4.78, 5) is 22.5. The Morgan fingerprint density at radius 1 is 1.43 bits per heavy atom. The van der Waals surface area contributed by atoms with E-state index < -0.39 is 5.97 Å². The van der Waals surface area contributed by atoms with Gasteiger partial charge in [-0.3, -0.25) is 9.59 Å². The second kappa shape index (κ2) is 8.52. The van der Waals surface area contributed by atoms with Gasteiger partial charge in [0.1, 0.15) is 5.75 Å². The molecule has 6 heteroatoms. The van der Waals surface area contributed by atoms with E-state index in [-0.39, 0.29) is 24.7 Å². The number of carboxylic acid groups (broad SMARTS) is 1. The van der Waals surface area contributed by atoms with Crippen LogP contribution in [0, 0.1) is 5.92 Å². The highest BCUT2D eigenvalue weighted by atomic mass is 35.5. The van der Waals surface area contributed by atoms with E-state index in [1.807, 2.05) is 6.92 Å². The molecule has 1 aromatic rings. The molecule has 21 heavy (non-hydrogen) atoms. The minimum absolute atomic E-state index is 0.0294. The van der Waals surface area contributed by atoms with Crippen LogP contribution in [0.2, 0.25) is 5.02 Å². The average Bonchev–Trinajstić information content (AvgIpc) is 2.40. The van der Waals surface area contributed by atoms with Crippen LogP contribution in [-0.4, -0.2) is 30.1 Å². The number of nitrogens with one attached hydrogen (secondary N) is 1. The van der Waals surface area contributed by atoms with Crippen molar-refractivity contribution < 1.29 is 19.4 Å². The van der Waals surface area contributed by atoms with E-state index in [2.05, 4.69) is 5.32 Å². The van der Waals surface area contributed by atoms with E-state index in [1.54, 1.807) is 25.1 Å². The SMILES string of the molecule is CCOc1c(Cl)cccc1CC(=O)NCC(C)CC(=O)O. The molecule has 5 nitrogen and oxygen atoms in total. The summed E-state index contributed by atoms with van der Waals surface area (Å²) in [6, 6.07) is 5.26. The molecular weight excluding hydrogens is 294 g/mol. The van der Waals surface area contributed by atoms with Crippen LogP contribution in [-0.2, 0) is 16.0 Å². The maximum atomic E-state index is 11.9. The summed E-state index contributed by atoms with van der Waals surface area (Å²) in [5, 5.41) is 11.9. The van der Waals surface area contributed by atoms with Gasteiger partial charge in [0.15, 0.2) is 0 Å². The first-order valence-electron chi connectivity index (χ1n) is 6.82. The zero-order valence-corrected chi connectivity index (χ0v) is 12.9. The van der Waals surface area contributed by atoms with Crippen LogP contribution in [0.1, 0.15) is 25.8 Å². The maximum Gasteiger partial charge on any atom is 0.303 e. The molecule has 0 aliphatic carbocycles. The molecule has 0 fully saturated rings. The molecular formula is C15H20ClNO4. The highest BCUT2D eigenvalue weighted by molar-refractivity contribution is 6.32. The van der Waals surface area contributed by atoms with Gasteiger partial charge in [0, 0.05) is 18.5 Å². The van der Waals surface area contributed by atoms with E-state index >= 15 is 0 Å². The number of carboxylic acids is 1. The van der Waals surface area contributed by atoms with E-state index in [4.69, 9.17) is 21.4 Å². The summed E-state index contributed by atoms with van der Waals surface area (Å²) < 4.78 is 5.46. The second-order valence-electron chi connectivity index (χ2n) is 4.84. The topological polar surface area (TPSA) is 75.6 Å². The summed E-state index contributed by atoms with van der Waals surface area (Å²) in [5.41, 5.74) is 0.715. The number of carbonyl (C=O) groups is 2. The van der Waals surface area contributed by atoms with Gasteiger partial charge in [-0.1, -0.05) is 30.7 Å². The molecule has 2 N–H and O–H groups in total. The van der Waals surface area contributed by atoms with Crippen molar-refractivity contribution in [1.29, 1.82) is 0 Å². The van der Waals surface area contributed by atoms with Crippen molar-refractivity contribution in [3.63, 3.8) is 0 Å². The molecule has 116 valence electrons. The van der Waals surface area contributed by atoms with Gasteiger partial charge in [-0.15, -0.1) is 0 Å². The molecule has 0 radical (unpaired) electrons. The Morgan fingerprint density at radius 3 is 2.76 bits per heavy atom. The van der Waals surface area contributed by atoms with Crippen molar-refractivity contribution in [3.8, 4) is 5.75 Å². The van der Waals surface area contributed by atoms with Crippen LogP contribution < -0.4 is 10.1 Å². The molecule has 0 saturated carbocycles. The van der Waals surface area contributed by atoms with E-state index in [0.717, 1.165) is 0 Å². The fourth-order valence-electron chi connectivity index (χ4n) is 1.89. The van der Waals surface area contributed by atoms with Gasteiger partial charge in [-0.25, -0.2) is 0 Å². The summed E-state index contributed by atoms with van der Waals surface area (Å²) in [6.45, 7) is 4.42. The standard InChI is InChI=1S/C15H20ClNO4/c1-3-21-15-11(5-4-6-12(15)16)8-13(18)17-9-10(2)7-14(19)20/h4-6,10H,3,7-9H2,1-2H3,(H,17,18)(H,19,20). The molecule has 1 unspecified atom stereocenters. The number of para-hydroxylation sites is 1. The van der Waals surface area contributed by atoms with Gasteiger partial charge in [-0.05, 0) is 18.9 Å². The predicted molar refractivity (Wildman–Crippen MR) is 80.8 cm³/mol. The summed E-state index contributed by atoms with van der Waals surface area (Å²) >= 11 is 6.05. The van der Waals surface area contributed by atoms with Gasteiger partial charge >= 0.3 is 5.97 Å². The fraction of sp³-hybridized carbons (Fsp3) is 0.467. The molecule has 0 bridgehead atoms. The third kappa shape index (κ3) is 6.04. The quantitative estimate of drug-likeness (QED) is 0.773. The summed E-state index contributed by atoms with van der Waals surface area (Å²) in [5.74, 6) is -0.645. The van der Waals surface area contributed by atoms with Crippen LogP contribution in [0.5, 0.6) is 5.75 Å². The van der Waals surface area contributed by atoms with Gasteiger partial charge in [-0.2, -0.15) is 0 Å². The van der Waals surface area contributed by atoms with Crippen molar-refractivity contribution in [2.75, 3.05) is 13.2 Å². The molecule has 0 aliphatic heterocycles. The average molecular weight is 314 g/mol. The Balaban J connectivity index is 2.59. The van der Waals surface area contributed by atoms with Crippen molar-refractivity contribution in [2.24, 2.45) is 5.92 Å². The zero-order valence-electron chi connectivity index (χ0n) is 12.2. The number of amides is 1. The molecule has 0 heterocycles. The Morgan fingerprint density at radius 2 is 2.14 bits per heavy atom. The Kier molecular flexibility index (Phi) is 7.02. The van der Waals surface area contributed by atoms with Crippen molar-refractivity contribution in [2.45, 2.75) is 26.7 Å². The van der Waals surface area contributed by atoms with E-state index in [1.165, 1.54) is 0 Å². The Bertz CT molecular complexity index is 504. The first-order chi connectivity index (χ1) is 9.93. The van der Waals surface area contributed by atoms with Gasteiger partial charge in [0.25, 0.3) is 0 Å². The Hall–Kier alpha value is -1.75. The molecule has 1 aromatic carbocycles. The van der Waals surface area contributed by atoms with Crippen molar-refractivity contribution in [3.05, 3.63) is 28.8 Å². The minimum atomic E-state index is -0.870. The largest absolute Gasteiger partial charge is 0.492 e. The predicted octanol–water partition coefficient (Wildman–Crippen LogP) is 2.51. The van der Waals surface area contributed by atoms with Gasteiger partial charge in [0.2, 0.25) is 5.91 Å². The van der Waals surface area contributed by atoms with Crippen LogP contribution in [0.25, 0.3) is 0 Å². The molecule has 0 aliphatic rings. The first kappa shape index (κ1) is 17.3. The lowest BCUT2D eigenvalue weighted by atomic mass is 10.1. The number of aliphatic carboxylic acids is 1. The first-order valence-corrected chi connectivity index (χ1v) is 7.20. The summed E-state index contributed by atoms with van der Waals surface area (Å²) in [6.07, 6.45) is 0.178. The third-order valence-corrected chi connectivity index (χ3v) is 3.16. The number of carbonyl (C=O) groups excluding carboxylic acids is 1. The Labute approximate surface area is 129 Å². The molecule has 0 saturated heterocycles. The summed E-state index contributed by atoms with van der Waals surface area (Å²) in [7, 11) is 0. The van der Waals surface area contributed by atoms with Crippen molar-refractivity contribution >= 4 is 23.5 Å². The smallest absolute Gasteiger partial charge is 0.303 e. The van der Waals surface area contributed by atoms with Gasteiger partial charge in [0.05, 0.1) is 18.1 Å². The number of hydrogen-bond acceptors (Lipinski definition) is 3. The van der Waals surface area contributed by atoms with E-state index in [0.29, 0.717) is 29.5 Å². The maximum absolute atomic E-state index is 11.9. The number of rotatable bonds is 8. The normalized spacial score (nSPS) is 11.8. The molecule has 0 spiro atoms. The number of hydrogen-bond donors (Lipinski definition) is 2. The van der Waals surface area contributed by atoms with Crippen LogP contribution in [0.3, 0.4) is 0 Å². The highest BCUT2D eigenvalue weighted by Crippen LogP contribution is 2.29. The lowest BCUT2D eigenvalue weighted by Gasteiger charge is -2.13. The van der Waals surface area contributed by atoms with Crippen LogP contribution >= 0.6 is 11.6 Å². The monoisotopic (exact) mass is 313 g/mol. The van der Waals surface area contributed by atoms with Crippen molar-refractivity contribution in [1.82, 2.24) is 5.32 Å². The number of benzene rings is 1. The molecule has 1 rings (SSSR count). The third-order valence-electron chi connectivity index (χ3n) is 2.86. The highest BCUT2D eigenvalue weighted by Gasteiger charge is 2.13. The minimum Gasteiger partial charge on any atom is -0.492 e. The molecule has 0 aromatic heterocycles. The number of halogens is 1.